The van der Waals surface area contributed by atoms with Crippen molar-refractivity contribution in [1.82, 2.24) is 4.90 Å². The molecule has 1 aliphatic heterocycles. The van der Waals surface area contributed by atoms with Crippen molar-refractivity contribution in [1.29, 1.82) is 0 Å². The number of nitrogens with zero attached hydrogens (tertiary/aromatic N) is 1. The van der Waals surface area contributed by atoms with Crippen LogP contribution < -0.4 is 5.32 Å². The lowest BCUT2D eigenvalue weighted by Gasteiger charge is -2.30. The number of halogens is 1. The minimum atomic E-state index is -0.849. The molecule has 1 unspecified atom stereocenters. The molecule has 1 saturated heterocycles. The molecule has 0 saturated carbocycles. The Morgan fingerprint density at radius 1 is 0.938 bits per heavy atom. The van der Waals surface area contributed by atoms with Crippen LogP contribution in [0.25, 0.3) is 11.1 Å². The molecule has 0 bridgehead atoms. The van der Waals surface area contributed by atoms with Crippen molar-refractivity contribution >= 4 is 17.7 Å². The zero-order chi connectivity index (χ0) is 22.5. The maximum absolute atomic E-state index is 13.1. The Morgan fingerprint density at radius 2 is 1.56 bits per heavy atom. The van der Waals surface area contributed by atoms with Crippen molar-refractivity contribution in [3.05, 3.63) is 89.7 Å². The third-order valence-corrected chi connectivity index (χ3v) is 5.85. The van der Waals surface area contributed by atoms with Gasteiger partial charge in [-0.15, -0.1) is 0 Å². The highest BCUT2D eigenvalue weighted by Crippen LogP contribution is 2.23. The number of nitrogens with one attached hydrogen (secondary N) is 1. The number of carbonyl (C=O) groups is 2. The Hall–Kier alpha value is -3.67. The predicted octanol–water partition coefficient (Wildman–Crippen LogP) is 5.68. The quantitative estimate of drug-likeness (QED) is 0.545. The monoisotopic (exact) mass is 432 g/mol. The van der Waals surface area contributed by atoms with Crippen LogP contribution in [0.4, 0.5) is 14.9 Å². The summed E-state index contributed by atoms with van der Waals surface area (Å²) in [5.74, 6) is -0.163. The van der Waals surface area contributed by atoms with Gasteiger partial charge < -0.3 is 15.3 Å². The average molecular weight is 432 g/mol. The molecule has 0 aromatic heterocycles. The molecule has 3 aromatic carbocycles. The van der Waals surface area contributed by atoms with E-state index < -0.39 is 6.09 Å². The lowest BCUT2D eigenvalue weighted by atomic mass is 9.91. The topological polar surface area (TPSA) is 69.6 Å². The van der Waals surface area contributed by atoms with E-state index in [1.807, 2.05) is 36.4 Å². The maximum Gasteiger partial charge on any atom is 0.407 e. The summed E-state index contributed by atoms with van der Waals surface area (Å²) in [5.41, 5.74) is 4.17. The zero-order valence-corrected chi connectivity index (χ0v) is 17.6. The molecule has 2 N–H and O–H groups in total. The standard InChI is InChI=1S/C26H25FN2O3/c27-23-11-9-21(10-12-23)20-5-7-22(8-6-20)25(30)28-24-13-3-18(4-14-24)16-19-2-1-15-29(17-19)26(31)32/h3-14,19H,1-2,15-17H2,(H,28,30)(H,31,32). The molecule has 32 heavy (non-hydrogen) atoms. The van der Waals surface area contributed by atoms with Gasteiger partial charge in [-0.1, -0.05) is 36.4 Å². The Labute approximate surface area is 186 Å². The number of rotatable bonds is 5. The lowest BCUT2D eigenvalue weighted by Crippen LogP contribution is -2.39. The maximum atomic E-state index is 13.1. The van der Waals surface area contributed by atoms with Gasteiger partial charge in [0.15, 0.2) is 0 Å². The van der Waals surface area contributed by atoms with Gasteiger partial charge >= 0.3 is 6.09 Å². The highest BCUT2D eigenvalue weighted by molar-refractivity contribution is 6.04. The Bertz CT molecular complexity index is 1080. The lowest BCUT2D eigenvalue weighted by molar-refractivity contribution is 0.102. The van der Waals surface area contributed by atoms with Gasteiger partial charge in [-0.25, -0.2) is 9.18 Å². The highest BCUT2D eigenvalue weighted by atomic mass is 19.1. The Morgan fingerprint density at radius 3 is 2.19 bits per heavy atom. The van der Waals surface area contributed by atoms with Crippen molar-refractivity contribution in [3.8, 4) is 11.1 Å². The summed E-state index contributed by atoms with van der Waals surface area (Å²) >= 11 is 0. The van der Waals surface area contributed by atoms with Gasteiger partial charge in [0.25, 0.3) is 5.91 Å². The van der Waals surface area contributed by atoms with Crippen molar-refractivity contribution in [2.75, 3.05) is 18.4 Å². The molecule has 3 aromatic rings. The first-order valence-electron chi connectivity index (χ1n) is 10.7. The van der Waals surface area contributed by atoms with E-state index in [1.54, 1.807) is 24.3 Å². The molecule has 0 radical (unpaired) electrons. The average Bonchev–Trinajstić information content (AvgIpc) is 2.81. The van der Waals surface area contributed by atoms with E-state index in [-0.39, 0.29) is 11.7 Å². The molecule has 0 aliphatic carbocycles. The van der Waals surface area contributed by atoms with Crippen molar-refractivity contribution < 1.29 is 19.1 Å². The highest BCUT2D eigenvalue weighted by Gasteiger charge is 2.23. The van der Waals surface area contributed by atoms with E-state index in [9.17, 15) is 19.1 Å². The van der Waals surface area contributed by atoms with Gasteiger partial charge in [0.1, 0.15) is 5.82 Å². The molecule has 1 heterocycles. The summed E-state index contributed by atoms with van der Waals surface area (Å²) < 4.78 is 13.1. The van der Waals surface area contributed by atoms with Crippen LogP contribution in [0.1, 0.15) is 28.8 Å². The van der Waals surface area contributed by atoms with Gasteiger partial charge in [-0.3, -0.25) is 4.79 Å². The fourth-order valence-electron chi connectivity index (χ4n) is 4.12. The second kappa shape index (κ2) is 9.64. The van der Waals surface area contributed by atoms with Gasteiger partial charge in [0.2, 0.25) is 0 Å². The first-order chi connectivity index (χ1) is 15.5. The van der Waals surface area contributed by atoms with E-state index in [4.69, 9.17) is 0 Å². The van der Waals surface area contributed by atoms with Crippen LogP contribution in [0, 0.1) is 11.7 Å². The minimum absolute atomic E-state index is 0.201. The first kappa shape index (κ1) is 21.6. The van der Waals surface area contributed by atoms with Gasteiger partial charge in [0, 0.05) is 24.3 Å². The summed E-state index contributed by atoms with van der Waals surface area (Å²) in [4.78, 5) is 25.3. The molecular formula is C26H25FN2O3. The molecule has 164 valence electrons. The number of likely N-dealkylation sites (tertiary alicyclic amines) is 1. The molecular weight excluding hydrogens is 407 g/mol. The fraction of sp³-hybridized carbons (Fsp3) is 0.231. The number of hydrogen-bond acceptors (Lipinski definition) is 2. The fourth-order valence-corrected chi connectivity index (χ4v) is 4.12. The molecule has 5 nitrogen and oxygen atoms in total. The van der Waals surface area contributed by atoms with Crippen LogP contribution in [-0.2, 0) is 6.42 Å². The third kappa shape index (κ3) is 5.32. The Kier molecular flexibility index (Phi) is 6.50. The largest absolute Gasteiger partial charge is 0.465 e. The smallest absolute Gasteiger partial charge is 0.407 e. The number of piperidine rings is 1. The number of amides is 2. The van der Waals surface area contributed by atoms with E-state index in [0.29, 0.717) is 30.3 Å². The molecule has 6 heteroatoms. The van der Waals surface area contributed by atoms with E-state index in [0.717, 1.165) is 36.0 Å². The van der Waals surface area contributed by atoms with Gasteiger partial charge in [0.05, 0.1) is 0 Å². The van der Waals surface area contributed by atoms with Gasteiger partial charge in [-0.2, -0.15) is 0 Å². The molecule has 0 spiro atoms. The first-order valence-corrected chi connectivity index (χ1v) is 10.7. The van der Waals surface area contributed by atoms with Crippen LogP contribution >= 0.6 is 0 Å². The van der Waals surface area contributed by atoms with Crippen LogP contribution in [0.5, 0.6) is 0 Å². The molecule has 1 fully saturated rings. The van der Waals surface area contributed by atoms with Crippen molar-refractivity contribution in [3.63, 3.8) is 0 Å². The van der Waals surface area contributed by atoms with Crippen LogP contribution in [-0.4, -0.2) is 35.1 Å². The summed E-state index contributed by atoms with van der Waals surface area (Å²) in [7, 11) is 0. The van der Waals surface area contributed by atoms with Crippen molar-refractivity contribution in [2.45, 2.75) is 19.3 Å². The number of carboxylic acid groups (broad SMARTS) is 1. The SMILES string of the molecule is O=C(Nc1ccc(CC2CCCN(C(=O)O)C2)cc1)c1ccc(-c2ccc(F)cc2)cc1. The minimum Gasteiger partial charge on any atom is -0.465 e. The van der Waals surface area contributed by atoms with Crippen molar-refractivity contribution in [2.24, 2.45) is 5.92 Å². The zero-order valence-electron chi connectivity index (χ0n) is 17.6. The van der Waals surface area contributed by atoms with Gasteiger partial charge in [-0.05, 0) is 78.3 Å². The number of carbonyl (C=O) groups excluding carboxylic acids is 1. The van der Waals surface area contributed by atoms with E-state index in [1.165, 1.54) is 17.0 Å². The Balaban J connectivity index is 1.34. The molecule has 2 amide bonds. The number of benzene rings is 3. The normalized spacial score (nSPS) is 15.9. The summed E-state index contributed by atoms with van der Waals surface area (Å²) in [5, 5.41) is 12.1. The van der Waals surface area contributed by atoms with Crippen LogP contribution in [0.3, 0.4) is 0 Å². The third-order valence-electron chi connectivity index (χ3n) is 5.85. The second-order valence-corrected chi connectivity index (χ2v) is 8.18. The van der Waals surface area contributed by atoms with E-state index in [2.05, 4.69) is 5.32 Å². The second-order valence-electron chi connectivity index (χ2n) is 8.18. The van der Waals surface area contributed by atoms with Crippen LogP contribution in [0.15, 0.2) is 72.8 Å². The number of anilines is 1. The predicted molar refractivity (Wildman–Crippen MR) is 122 cm³/mol. The number of hydrogen-bond donors (Lipinski definition) is 2. The molecule has 1 aliphatic rings. The van der Waals surface area contributed by atoms with Crippen LogP contribution in [0.2, 0.25) is 0 Å². The summed E-state index contributed by atoms with van der Waals surface area (Å²) in [6.07, 6.45) is 1.89. The molecule has 1 atom stereocenters. The molecule has 4 rings (SSSR count). The van der Waals surface area contributed by atoms with E-state index >= 15 is 0 Å². The summed E-state index contributed by atoms with van der Waals surface area (Å²) in [6.45, 7) is 1.18. The summed E-state index contributed by atoms with van der Waals surface area (Å²) in [6, 6.07) is 21.1.